The largest absolute Gasteiger partial charge is 0.474 e. The zero-order valence-corrected chi connectivity index (χ0v) is 21.9. The van der Waals surface area contributed by atoms with E-state index in [9.17, 15) is 18.4 Å². The molecule has 4 heterocycles. The Morgan fingerprint density at radius 3 is 2.84 bits per heavy atom. The molecule has 0 spiro atoms. The third-order valence-corrected chi connectivity index (χ3v) is 8.39. The summed E-state index contributed by atoms with van der Waals surface area (Å²) in [7, 11) is 0. The monoisotopic (exact) mass is 584 g/mol. The Balaban J connectivity index is 1.49. The molecule has 1 aromatic heterocycles. The van der Waals surface area contributed by atoms with Gasteiger partial charge < -0.3 is 14.2 Å². The number of nitriles is 1. The minimum Gasteiger partial charge on any atom is -0.474 e. The Kier molecular flexibility index (Phi) is 7.28. The molecule has 3 fully saturated rings. The molecule has 0 N–H and O–H groups in total. The van der Waals surface area contributed by atoms with E-state index in [4.69, 9.17) is 14.2 Å². The molecular weight excluding hydrogens is 559 g/mol. The third-order valence-electron chi connectivity index (χ3n) is 7.61. The van der Waals surface area contributed by atoms with E-state index in [1.807, 2.05) is 6.92 Å². The smallest absolute Gasteiger partial charge is 0.417 e. The van der Waals surface area contributed by atoms with Gasteiger partial charge in [0.1, 0.15) is 12.1 Å². The first kappa shape index (κ1) is 26.4. The highest BCUT2D eigenvalue weighted by molar-refractivity contribution is 9.10. The maximum atomic E-state index is 15.3. The number of hydrogen-bond donors (Lipinski definition) is 0. The van der Waals surface area contributed by atoms with E-state index in [1.54, 1.807) is 0 Å². The highest BCUT2D eigenvalue weighted by Crippen LogP contribution is 2.43. The molecule has 3 unspecified atom stereocenters. The standard InChI is InChI=1S/C24H26BBrF4N4O3/c1-2-35-15-9-23(5-3-7-34(23)11-15)12-36-22-32-20-16(8-17(24(28,29)30)18(26)19(20)27)21(33-22)37-14-4-6-25(10-14)13-31/h8,14-15H,2-7,9-12H2,1H3. The van der Waals surface area contributed by atoms with Crippen molar-refractivity contribution < 1.29 is 31.8 Å². The molecule has 0 aliphatic carbocycles. The van der Waals surface area contributed by atoms with Gasteiger partial charge in [-0.05, 0) is 67.5 Å². The lowest BCUT2D eigenvalue weighted by atomic mass is 9.50. The molecule has 3 saturated heterocycles. The number of benzene rings is 1. The van der Waals surface area contributed by atoms with Crippen LogP contribution in [-0.2, 0) is 10.9 Å². The number of nitrogens with zero attached hydrogens (tertiary/aromatic N) is 4. The van der Waals surface area contributed by atoms with Gasteiger partial charge in [-0.3, -0.25) is 4.90 Å². The number of ether oxygens (including phenoxy) is 3. The molecular formula is C24H26BBrF4N4O3. The van der Waals surface area contributed by atoms with E-state index in [2.05, 4.69) is 36.8 Å². The first-order valence-electron chi connectivity index (χ1n) is 12.5. The Hall–Kier alpha value is -2.17. The van der Waals surface area contributed by atoms with Crippen LogP contribution in [0.1, 0.15) is 38.2 Å². The van der Waals surface area contributed by atoms with Crippen molar-refractivity contribution in [2.24, 2.45) is 0 Å². The Labute approximate surface area is 220 Å². The Bertz CT molecular complexity index is 1230. The van der Waals surface area contributed by atoms with Gasteiger partial charge in [0.25, 0.3) is 6.71 Å². The van der Waals surface area contributed by atoms with Crippen LogP contribution in [0.4, 0.5) is 17.6 Å². The predicted molar refractivity (Wildman–Crippen MR) is 131 cm³/mol. The van der Waals surface area contributed by atoms with Crippen LogP contribution in [0.25, 0.3) is 10.9 Å². The van der Waals surface area contributed by atoms with Gasteiger partial charge in [0.05, 0.1) is 33.2 Å². The molecule has 3 atom stereocenters. The summed E-state index contributed by atoms with van der Waals surface area (Å²) in [5.74, 6) is 0.845. The van der Waals surface area contributed by atoms with Gasteiger partial charge in [-0.1, -0.05) is 6.32 Å². The number of halogens is 5. The third kappa shape index (κ3) is 5.12. The molecule has 5 rings (SSSR count). The summed E-state index contributed by atoms with van der Waals surface area (Å²) in [4.78, 5) is 10.8. The van der Waals surface area contributed by atoms with Crippen LogP contribution in [-0.4, -0.2) is 65.6 Å². The van der Waals surface area contributed by atoms with Gasteiger partial charge in [0.15, 0.2) is 5.82 Å². The number of alkyl halides is 3. The van der Waals surface area contributed by atoms with Crippen molar-refractivity contribution in [1.82, 2.24) is 14.9 Å². The molecule has 2 aromatic rings. The van der Waals surface area contributed by atoms with Gasteiger partial charge in [0.2, 0.25) is 5.88 Å². The Morgan fingerprint density at radius 1 is 1.32 bits per heavy atom. The van der Waals surface area contributed by atoms with Gasteiger partial charge in [0, 0.05) is 19.1 Å². The van der Waals surface area contributed by atoms with Gasteiger partial charge >= 0.3 is 12.2 Å². The molecule has 1 aromatic carbocycles. The molecule has 3 aliphatic rings. The lowest BCUT2D eigenvalue weighted by Gasteiger charge is -2.31. The molecule has 0 amide bonds. The van der Waals surface area contributed by atoms with Crippen molar-refractivity contribution in [2.45, 2.75) is 69.2 Å². The summed E-state index contributed by atoms with van der Waals surface area (Å²) in [6, 6.07) is 0.628. The van der Waals surface area contributed by atoms with Crippen molar-refractivity contribution in [3.8, 4) is 17.9 Å². The van der Waals surface area contributed by atoms with E-state index in [1.165, 1.54) is 0 Å². The lowest BCUT2D eigenvalue weighted by Crippen LogP contribution is -2.43. The van der Waals surface area contributed by atoms with E-state index in [-0.39, 0.29) is 47.8 Å². The molecule has 3 aliphatic heterocycles. The average molecular weight is 585 g/mol. The number of aromatic nitrogens is 2. The van der Waals surface area contributed by atoms with Crippen molar-refractivity contribution in [2.75, 3.05) is 26.3 Å². The molecule has 0 radical (unpaired) electrons. The van der Waals surface area contributed by atoms with Crippen molar-refractivity contribution >= 4 is 33.5 Å². The Morgan fingerprint density at radius 2 is 2.14 bits per heavy atom. The maximum absolute atomic E-state index is 15.3. The van der Waals surface area contributed by atoms with Gasteiger partial charge in [-0.25, -0.2) is 9.65 Å². The summed E-state index contributed by atoms with van der Waals surface area (Å²) in [6.45, 7) is 4.32. The average Bonchev–Trinajstić information content (AvgIpc) is 3.54. The van der Waals surface area contributed by atoms with Crippen LogP contribution < -0.4 is 9.47 Å². The summed E-state index contributed by atoms with van der Waals surface area (Å²) in [5, 5.41) is 9.02. The molecule has 0 bridgehead atoms. The highest BCUT2D eigenvalue weighted by Gasteiger charge is 2.49. The lowest BCUT2D eigenvalue weighted by molar-refractivity contribution is -0.138. The zero-order chi connectivity index (χ0) is 26.4. The summed E-state index contributed by atoms with van der Waals surface area (Å²) in [5.41, 5.74) is -1.77. The van der Waals surface area contributed by atoms with Crippen LogP contribution in [0.5, 0.6) is 11.9 Å². The first-order valence-corrected chi connectivity index (χ1v) is 13.3. The van der Waals surface area contributed by atoms with Crippen LogP contribution in [0.2, 0.25) is 12.6 Å². The fourth-order valence-corrected chi connectivity index (χ4v) is 6.38. The van der Waals surface area contributed by atoms with Crippen LogP contribution in [0.15, 0.2) is 10.5 Å². The minimum absolute atomic E-state index is 0.0925. The van der Waals surface area contributed by atoms with Crippen molar-refractivity contribution in [3.05, 3.63) is 21.9 Å². The van der Waals surface area contributed by atoms with Crippen molar-refractivity contribution in [3.63, 3.8) is 0 Å². The maximum Gasteiger partial charge on any atom is 0.417 e. The summed E-state index contributed by atoms with van der Waals surface area (Å²) >= 11 is 2.75. The summed E-state index contributed by atoms with van der Waals surface area (Å²) in [6.07, 6.45) is -0.868. The molecule has 13 heteroatoms. The van der Waals surface area contributed by atoms with Crippen molar-refractivity contribution in [1.29, 1.82) is 5.26 Å². The topological polar surface area (TPSA) is 80.5 Å². The number of hydrogen-bond acceptors (Lipinski definition) is 7. The molecule has 7 nitrogen and oxygen atoms in total. The quantitative estimate of drug-likeness (QED) is 0.323. The predicted octanol–water partition coefficient (Wildman–Crippen LogP) is 5.28. The van der Waals surface area contributed by atoms with Crippen LogP contribution >= 0.6 is 15.9 Å². The SMILES string of the molecule is CCOC1CN2CCCC2(COc2nc(OC3CCB(C#N)C3)c3cc(C(F)(F)F)c(Br)c(F)c3n2)C1. The molecule has 198 valence electrons. The second-order valence-corrected chi connectivity index (χ2v) is 10.8. The first-order chi connectivity index (χ1) is 17.6. The van der Waals surface area contributed by atoms with Gasteiger partial charge in [-0.15, -0.1) is 0 Å². The fraction of sp³-hybridized carbons (Fsp3) is 0.625. The van der Waals surface area contributed by atoms with E-state index in [0.717, 1.165) is 38.4 Å². The van der Waals surface area contributed by atoms with E-state index >= 15 is 4.39 Å². The normalized spacial score (nSPS) is 26.0. The number of fused-ring (bicyclic) bond motifs is 2. The van der Waals surface area contributed by atoms with Gasteiger partial charge in [-0.2, -0.15) is 23.1 Å². The second kappa shape index (κ2) is 10.2. The van der Waals surface area contributed by atoms with Crippen LogP contribution in [0.3, 0.4) is 0 Å². The van der Waals surface area contributed by atoms with Crippen LogP contribution in [0, 0.1) is 17.0 Å². The zero-order valence-electron chi connectivity index (χ0n) is 20.3. The number of rotatable bonds is 7. The van der Waals surface area contributed by atoms with E-state index < -0.39 is 28.1 Å². The second-order valence-electron chi connectivity index (χ2n) is 9.98. The highest BCUT2D eigenvalue weighted by atomic mass is 79.9. The fourth-order valence-electron chi connectivity index (χ4n) is 5.85. The minimum atomic E-state index is -4.80. The van der Waals surface area contributed by atoms with E-state index in [0.29, 0.717) is 25.7 Å². The summed E-state index contributed by atoms with van der Waals surface area (Å²) < 4.78 is 73.2. The molecule has 37 heavy (non-hydrogen) atoms. The molecule has 0 saturated carbocycles.